The van der Waals surface area contributed by atoms with Crippen LogP contribution in [0.3, 0.4) is 0 Å². The molecule has 4 heteroatoms. The Hall–Kier alpha value is -1.06. The van der Waals surface area contributed by atoms with Gasteiger partial charge in [-0.3, -0.25) is 9.59 Å². The van der Waals surface area contributed by atoms with E-state index in [9.17, 15) is 9.59 Å². The second-order valence-corrected chi connectivity index (χ2v) is 4.80. The van der Waals surface area contributed by atoms with Gasteiger partial charge >= 0.3 is 5.97 Å². The molecule has 0 aromatic carbocycles. The van der Waals surface area contributed by atoms with Crippen LogP contribution in [-0.4, -0.2) is 37.0 Å². The number of amides is 1. The fraction of sp³-hybridized carbons (Fsp3) is 0.833. The van der Waals surface area contributed by atoms with Crippen LogP contribution in [0, 0.1) is 11.8 Å². The molecule has 1 heterocycles. The minimum atomic E-state index is -0.193. The summed E-state index contributed by atoms with van der Waals surface area (Å²) in [6.07, 6.45) is 2.29. The van der Waals surface area contributed by atoms with Crippen LogP contribution < -0.4 is 0 Å². The Labute approximate surface area is 96.9 Å². The third kappa shape index (κ3) is 3.51. The number of methoxy groups -OCH3 is 1. The van der Waals surface area contributed by atoms with Crippen molar-refractivity contribution in [3.63, 3.8) is 0 Å². The van der Waals surface area contributed by atoms with E-state index in [1.807, 2.05) is 13.8 Å². The molecule has 0 aromatic rings. The first-order valence-corrected chi connectivity index (χ1v) is 5.90. The highest BCUT2D eigenvalue weighted by Crippen LogP contribution is 2.19. The van der Waals surface area contributed by atoms with Gasteiger partial charge in [-0.1, -0.05) is 13.8 Å². The Morgan fingerprint density at radius 1 is 1.44 bits per heavy atom. The number of esters is 1. The summed E-state index contributed by atoms with van der Waals surface area (Å²) in [5.74, 6) is 0.200. The number of ether oxygens (including phenoxy) is 1. The van der Waals surface area contributed by atoms with Crippen molar-refractivity contribution in [2.45, 2.75) is 33.1 Å². The van der Waals surface area contributed by atoms with Crippen molar-refractivity contribution in [1.82, 2.24) is 4.90 Å². The van der Waals surface area contributed by atoms with Gasteiger partial charge < -0.3 is 9.64 Å². The van der Waals surface area contributed by atoms with E-state index in [0.717, 1.165) is 19.4 Å². The van der Waals surface area contributed by atoms with Crippen LogP contribution in [0.4, 0.5) is 0 Å². The minimum absolute atomic E-state index is 0.130. The second-order valence-electron chi connectivity index (χ2n) is 4.80. The molecule has 4 nitrogen and oxygen atoms in total. The number of likely N-dealkylation sites (tertiary alicyclic amines) is 1. The summed E-state index contributed by atoms with van der Waals surface area (Å²) in [5.41, 5.74) is 0. The molecule has 1 saturated heterocycles. The van der Waals surface area contributed by atoms with Crippen molar-refractivity contribution in [3.8, 4) is 0 Å². The predicted octanol–water partition coefficient (Wildman–Crippen LogP) is 1.44. The van der Waals surface area contributed by atoms with E-state index < -0.39 is 0 Å². The summed E-state index contributed by atoms with van der Waals surface area (Å²) in [6.45, 7) is 5.36. The quantitative estimate of drug-likeness (QED) is 0.685. The molecular weight excluding hydrogens is 206 g/mol. The highest BCUT2D eigenvalue weighted by atomic mass is 16.5. The summed E-state index contributed by atoms with van der Waals surface area (Å²) < 4.78 is 4.72. The van der Waals surface area contributed by atoms with Crippen molar-refractivity contribution in [3.05, 3.63) is 0 Å². The fourth-order valence-electron chi connectivity index (χ4n) is 2.04. The largest absolute Gasteiger partial charge is 0.469 e. The Morgan fingerprint density at radius 3 is 2.69 bits per heavy atom. The summed E-state index contributed by atoms with van der Waals surface area (Å²) in [7, 11) is 1.40. The van der Waals surface area contributed by atoms with Crippen LogP contribution in [0.1, 0.15) is 33.1 Å². The molecule has 1 rings (SSSR count). The van der Waals surface area contributed by atoms with Gasteiger partial charge in [0.25, 0.3) is 0 Å². The number of carbonyl (C=O) groups excluding carboxylic acids is 2. The van der Waals surface area contributed by atoms with Crippen molar-refractivity contribution in [2.24, 2.45) is 11.8 Å². The molecule has 0 N–H and O–H groups in total. The first-order chi connectivity index (χ1) is 7.54. The third-order valence-electron chi connectivity index (χ3n) is 2.89. The number of rotatable bonds is 3. The molecule has 1 amide bonds. The molecule has 1 aliphatic heterocycles. The molecule has 92 valence electrons. The molecule has 0 aliphatic carbocycles. The zero-order chi connectivity index (χ0) is 12.1. The van der Waals surface area contributed by atoms with Crippen molar-refractivity contribution in [1.29, 1.82) is 0 Å². The SMILES string of the molecule is COC(=O)[C@H]1CCCN(C(=O)CC(C)C)C1. The molecular formula is C12H21NO3. The molecule has 1 atom stereocenters. The van der Waals surface area contributed by atoms with E-state index in [1.165, 1.54) is 7.11 Å². The molecule has 1 fully saturated rings. The maximum atomic E-state index is 11.8. The average molecular weight is 227 g/mol. The lowest BCUT2D eigenvalue weighted by Crippen LogP contribution is -2.42. The monoisotopic (exact) mass is 227 g/mol. The van der Waals surface area contributed by atoms with Gasteiger partial charge in [0.05, 0.1) is 13.0 Å². The van der Waals surface area contributed by atoms with Crippen LogP contribution in [0.15, 0.2) is 0 Å². The van der Waals surface area contributed by atoms with E-state index in [2.05, 4.69) is 0 Å². The van der Waals surface area contributed by atoms with Crippen molar-refractivity contribution >= 4 is 11.9 Å². The number of hydrogen-bond acceptors (Lipinski definition) is 3. The number of nitrogens with zero attached hydrogens (tertiary/aromatic N) is 1. The van der Waals surface area contributed by atoms with Crippen LogP contribution >= 0.6 is 0 Å². The van der Waals surface area contributed by atoms with E-state index in [1.54, 1.807) is 4.90 Å². The molecule has 0 saturated carbocycles. The van der Waals surface area contributed by atoms with Gasteiger partial charge in [-0.05, 0) is 18.8 Å². The van der Waals surface area contributed by atoms with Gasteiger partial charge in [0.2, 0.25) is 5.91 Å². The fourth-order valence-corrected chi connectivity index (χ4v) is 2.04. The molecule has 1 aliphatic rings. The van der Waals surface area contributed by atoms with Gasteiger partial charge in [-0.25, -0.2) is 0 Å². The smallest absolute Gasteiger partial charge is 0.310 e. The summed E-state index contributed by atoms with van der Waals surface area (Å²) in [5, 5.41) is 0. The van der Waals surface area contributed by atoms with Gasteiger partial charge in [-0.2, -0.15) is 0 Å². The maximum Gasteiger partial charge on any atom is 0.310 e. The van der Waals surface area contributed by atoms with Gasteiger partial charge in [0.15, 0.2) is 0 Å². The molecule has 0 unspecified atom stereocenters. The van der Waals surface area contributed by atoms with Crippen LogP contribution in [0.5, 0.6) is 0 Å². The van der Waals surface area contributed by atoms with Crippen LogP contribution in [-0.2, 0) is 14.3 Å². The maximum absolute atomic E-state index is 11.8. The van der Waals surface area contributed by atoms with Crippen molar-refractivity contribution < 1.29 is 14.3 Å². The molecule has 0 bridgehead atoms. The number of hydrogen-bond donors (Lipinski definition) is 0. The zero-order valence-corrected chi connectivity index (χ0v) is 10.4. The molecule has 0 aromatic heterocycles. The van der Waals surface area contributed by atoms with Gasteiger partial charge in [0.1, 0.15) is 0 Å². The second kappa shape index (κ2) is 5.87. The minimum Gasteiger partial charge on any atom is -0.469 e. The Balaban J connectivity index is 2.50. The number of carbonyl (C=O) groups is 2. The summed E-state index contributed by atoms with van der Waals surface area (Å²) in [4.78, 5) is 25.0. The standard InChI is InChI=1S/C12H21NO3/c1-9(2)7-11(14)13-6-4-5-10(8-13)12(15)16-3/h9-10H,4-8H2,1-3H3/t10-/m0/s1. The highest BCUT2D eigenvalue weighted by molar-refractivity contribution is 5.78. The Kier molecular flexibility index (Phi) is 4.77. The summed E-state index contributed by atoms with van der Waals surface area (Å²) in [6, 6.07) is 0. The zero-order valence-electron chi connectivity index (χ0n) is 10.4. The highest BCUT2D eigenvalue weighted by Gasteiger charge is 2.28. The average Bonchev–Trinajstić information content (AvgIpc) is 2.27. The normalized spacial score (nSPS) is 21.0. The van der Waals surface area contributed by atoms with E-state index >= 15 is 0 Å². The number of piperidine rings is 1. The topological polar surface area (TPSA) is 46.6 Å². The Morgan fingerprint density at radius 2 is 2.12 bits per heavy atom. The predicted molar refractivity (Wildman–Crippen MR) is 60.8 cm³/mol. The lowest BCUT2D eigenvalue weighted by Gasteiger charge is -2.31. The van der Waals surface area contributed by atoms with Gasteiger partial charge in [0, 0.05) is 19.5 Å². The molecule has 0 spiro atoms. The van der Waals surface area contributed by atoms with Gasteiger partial charge in [-0.15, -0.1) is 0 Å². The van der Waals surface area contributed by atoms with E-state index in [4.69, 9.17) is 4.74 Å². The van der Waals surface area contributed by atoms with E-state index in [-0.39, 0.29) is 17.8 Å². The Bertz CT molecular complexity index is 263. The lowest BCUT2D eigenvalue weighted by molar-refractivity contribution is -0.149. The van der Waals surface area contributed by atoms with E-state index in [0.29, 0.717) is 18.9 Å². The molecule has 16 heavy (non-hydrogen) atoms. The van der Waals surface area contributed by atoms with Crippen LogP contribution in [0.2, 0.25) is 0 Å². The third-order valence-corrected chi connectivity index (χ3v) is 2.89. The van der Waals surface area contributed by atoms with Crippen LogP contribution in [0.25, 0.3) is 0 Å². The lowest BCUT2D eigenvalue weighted by atomic mass is 9.97. The first-order valence-electron chi connectivity index (χ1n) is 5.90. The first kappa shape index (κ1) is 13.0. The molecule has 0 radical (unpaired) electrons. The summed E-state index contributed by atoms with van der Waals surface area (Å²) >= 11 is 0. The van der Waals surface area contributed by atoms with Crippen molar-refractivity contribution in [2.75, 3.05) is 20.2 Å².